The molecule has 306 valence electrons. The Morgan fingerprint density at radius 3 is 2.29 bits per heavy atom. The van der Waals surface area contributed by atoms with Gasteiger partial charge in [0.05, 0.1) is 31.3 Å². The first-order valence-corrected chi connectivity index (χ1v) is 21.0. The van der Waals surface area contributed by atoms with Crippen LogP contribution in [-0.4, -0.2) is 60.7 Å². The molecule has 0 radical (unpaired) electrons. The molecule has 1 aliphatic heterocycles. The van der Waals surface area contributed by atoms with Gasteiger partial charge in [0, 0.05) is 17.8 Å². The molecule has 1 amide bonds. The molecule has 1 heterocycles. The Morgan fingerprint density at radius 1 is 0.982 bits per heavy atom. The van der Waals surface area contributed by atoms with E-state index in [9.17, 15) is 19.5 Å². The van der Waals surface area contributed by atoms with Gasteiger partial charge in [-0.15, -0.1) is 0 Å². The van der Waals surface area contributed by atoms with Crippen molar-refractivity contribution in [1.29, 1.82) is 0 Å². The van der Waals surface area contributed by atoms with E-state index in [0.717, 1.165) is 31.2 Å². The number of aliphatic carboxylic acids is 1. The number of carboxylic acid groups (broad SMARTS) is 1. The normalized spacial score (nSPS) is 39.7. The van der Waals surface area contributed by atoms with Crippen molar-refractivity contribution in [2.75, 3.05) is 19.8 Å². The fourth-order valence-corrected chi connectivity index (χ4v) is 12.8. The summed E-state index contributed by atoms with van der Waals surface area (Å²) < 4.78 is 25.5. The number of allylic oxidation sites excluding steroid dienone is 1. The average molecular weight is 764 g/mol. The second-order valence-corrected chi connectivity index (χ2v) is 20.2. The van der Waals surface area contributed by atoms with E-state index in [1.807, 2.05) is 37.3 Å². The Hall–Kier alpha value is -2.91. The number of amides is 1. The number of rotatable bonds is 11. The molecule has 9 heteroatoms. The van der Waals surface area contributed by atoms with Crippen molar-refractivity contribution >= 4 is 18.0 Å². The average Bonchev–Trinajstić information content (AvgIpc) is 3.10. The SMILES string of the molecule is CC(=O)O[C@@H]1C[C@@]23COC[C@](C)([C@@H]2CC[C@H]2C3=CC[C@@]3(C)[C@H](C(=O)O)[C@@](C)([C@H](C)C(C)C)CC[C@]23C)[C@H]1OC[C@@](C)(NC(=O)OCc1ccccc1)C(C)C. The van der Waals surface area contributed by atoms with E-state index in [4.69, 9.17) is 18.9 Å². The third-order valence-electron chi connectivity index (χ3n) is 16.8. The van der Waals surface area contributed by atoms with E-state index in [1.54, 1.807) is 0 Å². The molecule has 55 heavy (non-hydrogen) atoms. The van der Waals surface area contributed by atoms with E-state index in [0.29, 0.717) is 32.0 Å². The molecule has 0 spiro atoms. The zero-order valence-electron chi connectivity index (χ0n) is 35.5. The van der Waals surface area contributed by atoms with Crippen LogP contribution in [0.15, 0.2) is 42.0 Å². The lowest BCUT2D eigenvalue weighted by Crippen LogP contribution is -2.70. The summed E-state index contributed by atoms with van der Waals surface area (Å²) >= 11 is 0. The van der Waals surface area contributed by atoms with Crippen LogP contribution in [0.25, 0.3) is 0 Å². The van der Waals surface area contributed by atoms with Gasteiger partial charge in [0.25, 0.3) is 0 Å². The maximum absolute atomic E-state index is 13.5. The summed E-state index contributed by atoms with van der Waals surface area (Å²) in [5, 5.41) is 14.2. The highest BCUT2D eigenvalue weighted by molar-refractivity contribution is 5.73. The molecule has 2 N–H and O–H groups in total. The number of carboxylic acids is 1. The lowest BCUT2D eigenvalue weighted by Gasteiger charge is -2.71. The third kappa shape index (κ3) is 6.75. The molecule has 4 aliphatic carbocycles. The van der Waals surface area contributed by atoms with Gasteiger partial charge in [0.2, 0.25) is 0 Å². The fraction of sp³-hybridized carbons (Fsp3) is 0.761. The number of alkyl carbamates (subject to hydrolysis) is 1. The van der Waals surface area contributed by atoms with E-state index >= 15 is 0 Å². The maximum Gasteiger partial charge on any atom is 0.407 e. The van der Waals surface area contributed by atoms with Gasteiger partial charge >= 0.3 is 18.0 Å². The van der Waals surface area contributed by atoms with Gasteiger partial charge in [0.15, 0.2) is 0 Å². The summed E-state index contributed by atoms with van der Waals surface area (Å²) in [7, 11) is 0. The minimum atomic E-state index is -0.763. The van der Waals surface area contributed by atoms with Gasteiger partial charge in [-0.2, -0.15) is 0 Å². The quantitative estimate of drug-likeness (QED) is 0.169. The van der Waals surface area contributed by atoms with Crippen molar-refractivity contribution in [1.82, 2.24) is 5.32 Å². The first-order valence-electron chi connectivity index (χ1n) is 21.0. The van der Waals surface area contributed by atoms with Gasteiger partial charge in [-0.1, -0.05) is 104 Å². The zero-order chi connectivity index (χ0) is 40.4. The predicted molar refractivity (Wildman–Crippen MR) is 212 cm³/mol. The van der Waals surface area contributed by atoms with Gasteiger partial charge in [-0.05, 0) is 96.8 Å². The number of benzene rings is 1. The number of nitrogens with one attached hydrogen (secondary N) is 1. The topological polar surface area (TPSA) is 120 Å². The zero-order valence-corrected chi connectivity index (χ0v) is 35.5. The molecule has 2 bridgehead atoms. The standard InChI is InChI=1S/C46H69NO8/c1-28(2)30(5)41(7)21-22-43(9)33-17-18-36-42(8)25-52-27-46(36,34(33)19-20-44(43,10)37(41)39(49)50)23-35(55-31(6)48)38(42)54-26-45(11,29(3)4)47-40(51)53-24-32-15-13-12-14-16-32/h12-16,19,28-30,33,35-38H,17-18,20-27H2,1-11H3,(H,47,51)(H,49,50)/t30-,33+,35-,36+,37-,38+,41-,42-,43-,44+,45-,46+/m1/s1. The molecule has 4 fully saturated rings. The second-order valence-electron chi connectivity index (χ2n) is 20.2. The number of ether oxygens (including phenoxy) is 4. The smallest absolute Gasteiger partial charge is 0.407 e. The van der Waals surface area contributed by atoms with Gasteiger partial charge in [-0.25, -0.2) is 4.79 Å². The molecule has 5 aliphatic rings. The molecule has 3 saturated carbocycles. The largest absolute Gasteiger partial charge is 0.481 e. The number of fused-ring (bicyclic) bond motifs is 3. The Labute approximate surface area is 330 Å². The summed E-state index contributed by atoms with van der Waals surface area (Å²) in [5.74, 6) is -0.371. The first kappa shape index (κ1) is 41.7. The van der Waals surface area contributed by atoms with Crippen molar-refractivity contribution < 1.29 is 38.4 Å². The molecule has 9 nitrogen and oxygen atoms in total. The van der Waals surface area contributed by atoms with Crippen LogP contribution in [0, 0.1) is 62.6 Å². The highest BCUT2D eigenvalue weighted by atomic mass is 16.6. The van der Waals surface area contributed by atoms with Crippen LogP contribution in [0.4, 0.5) is 4.79 Å². The monoisotopic (exact) mass is 764 g/mol. The summed E-state index contributed by atoms with van der Waals surface area (Å²) in [4.78, 5) is 39.5. The van der Waals surface area contributed by atoms with Crippen LogP contribution < -0.4 is 5.32 Å². The van der Waals surface area contributed by atoms with Crippen molar-refractivity contribution in [2.24, 2.45) is 62.6 Å². The molecule has 1 saturated heterocycles. The summed E-state index contributed by atoms with van der Waals surface area (Å²) in [5.41, 5.74) is -0.235. The number of esters is 1. The Kier molecular flexibility index (Phi) is 11.2. The third-order valence-corrected chi connectivity index (χ3v) is 16.8. The van der Waals surface area contributed by atoms with Gasteiger partial charge < -0.3 is 29.4 Å². The summed E-state index contributed by atoms with van der Waals surface area (Å²) in [6.07, 6.45) is 6.03. The van der Waals surface area contributed by atoms with Gasteiger partial charge in [-0.3, -0.25) is 9.59 Å². The summed E-state index contributed by atoms with van der Waals surface area (Å²) in [6, 6.07) is 9.60. The molecular weight excluding hydrogens is 695 g/mol. The van der Waals surface area contributed by atoms with Crippen molar-refractivity contribution in [3.8, 4) is 0 Å². The second kappa shape index (κ2) is 14.8. The number of hydrogen-bond donors (Lipinski definition) is 2. The maximum atomic E-state index is 13.5. The van der Waals surface area contributed by atoms with Gasteiger partial charge in [0.1, 0.15) is 18.8 Å². The van der Waals surface area contributed by atoms with Crippen LogP contribution in [-0.2, 0) is 35.1 Å². The minimum Gasteiger partial charge on any atom is -0.481 e. The van der Waals surface area contributed by atoms with Crippen molar-refractivity contribution in [3.63, 3.8) is 0 Å². The number of carbonyl (C=O) groups is 3. The summed E-state index contributed by atoms with van der Waals surface area (Å²) in [6.45, 7) is 24.8. The van der Waals surface area contributed by atoms with Crippen molar-refractivity contribution in [2.45, 2.75) is 139 Å². The Bertz CT molecular complexity index is 1640. The predicted octanol–water partition coefficient (Wildman–Crippen LogP) is 9.23. The molecular formula is C46H69NO8. The van der Waals surface area contributed by atoms with E-state index in [-0.39, 0.29) is 59.1 Å². The van der Waals surface area contributed by atoms with Crippen molar-refractivity contribution in [3.05, 3.63) is 47.5 Å². The Balaban J connectivity index is 1.30. The lowest BCUT2D eigenvalue weighted by molar-refractivity contribution is -0.269. The van der Waals surface area contributed by atoms with E-state index in [2.05, 4.69) is 73.7 Å². The molecule has 12 atom stereocenters. The Morgan fingerprint density at radius 2 is 1.67 bits per heavy atom. The lowest BCUT2D eigenvalue weighted by atomic mass is 9.34. The van der Waals surface area contributed by atoms with E-state index < -0.39 is 46.6 Å². The molecule has 6 rings (SSSR count). The van der Waals surface area contributed by atoms with Crippen LogP contribution >= 0.6 is 0 Å². The first-order chi connectivity index (χ1) is 25.7. The number of carbonyl (C=O) groups excluding carboxylic acids is 2. The van der Waals surface area contributed by atoms with Crippen LogP contribution in [0.2, 0.25) is 0 Å². The van der Waals surface area contributed by atoms with Crippen LogP contribution in [0.5, 0.6) is 0 Å². The number of hydrogen-bond acceptors (Lipinski definition) is 7. The molecule has 0 aromatic heterocycles. The molecule has 1 aromatic carbocycles. The molecule has 0 unspecified atom stereocenters. The minimum absolute atomic E-state index is 0.00966. The highest BCUT2D eigenvalue weighted by Crippen LogP contribution is 2.75. The fourth-order valence-electron chi connectivity index (χ4n) is 12.8. The van der Waals surface area contributed by atoms with Crippen LogP contribution in [0.3, 0.4) is 0 Å². The van der Waals surface area contributed by atoms with E-state index in [1.165, 1.54) is 12.5 Å². The van der Waals surface area contributed by atoms with Crippen LogP contribution in [0.1, 0.15) is 120 Å². The highest BCUT2D eigenvalue weighted by Gasteiger charge is 2.72. The molecule has 1 aromatic rings.